The first kappa shape index (κ1) is 30.1. The van der Waals surface area contributed by atoms with Crippen molar-refractivity contribution in [1.82, 2.24) is 14.2 Å². The molecule has 2 fully saturated rings. The zero-order valence-corrected chi connectivity index (χ0v) is 25.6. The SMILES string of the molecule is CC[C@@H](CN1CCCS1(O)O)N1C(=O)[C@@](C)(Cc2cccc(O)n2)C[C@@H](c2cccc(Cl)c2)[C@H]1c1ccc(Cl)cc1. The normalized spacial score (nSPS) is 26.2. The van der Waals surface area contributed by atoms with Gasteiger partial charge in [-0.3, -0.25) is 13.9 Å². The molecule has 3 N–H and O–H groups in total. The van der Waals surface area contributed by atoms with Gasteiger partial charge in [0.05, 0.1) is 17.2 Å². The third-order valence-electron chi connectivity index (χ3n) is 8.47. The molecule has 5 rings (SSSR count). The molecule has 0 radical (unpaired) electrons. The van der Waals surface area contributed by atoms with Crippen LogP contribution >= 0.6 is 34.0 Å². The van der Waals surface area contributed by atoms with Crippen molar-refractivity contribution in [2.45, 2.75) is 57.5 Å². The molecule has 4 atom stereocenters. The maximum atomic E-state index is 14.8. The van der Waals surface area contributed by atoms with Crippen LogP contribution in [0.5, 0.6) is 5.88 Å². The maximum absolute atomic E-state index is 14.8. The third kappa shape index (κ3) is 6.38. The molecule has 10 heteroatoms. The molecule has 2 aromatic carbocycles. The van der Waals surface area contributed by atoms with E-state index in [0.29, 0.717) is 60.3 Å². The van der Waals surface area contributed by atoms with E-state index in [9.17, 15) is 19.0 Å². The Morgan fingerprint density at radius 2 is 1.78 bits per heavy atom. The van der Waals surface area contributed by atoms with Gasteiger partial charge in [0.15, 0.2) is 0 Å². The van der Waals surface area contributed by atoms with Crippen LogP contribution in [-0.4, -0.2) is 59.2 Å². The van der Waals surface area contributed by atoms with Crippen molar-refractivity contribution in [3.63, 3.8) is 0 Å². The summed E-state index contributed by atoms with van der Waals surface area (Å²) in [5.74, 6) is 0.123. The van der Waals surface area contributed by atoms with Gasteiger partial charge in [0.1, 0.15) is 0 Å². The summed E-state index contributed by atoms with van der Waals surface area (Å²) in [6, 6.07) is 19.9. The number of aromatic nitrogens is 1. The second-order valence-corrected chi connectivity index (χ2v) is 14.5. The van der Waals surface area contributed by atoms with E-state index in [1.165, 1.54) is 6.07 Å². The van der Waals surface area contributed by atoms with Gasteiger partial charge in [-0.05, 0) is 60.7 Å². The number of amides is 1. The summed E-state index contributed by atoms with van der Waals surface area (Å²) in [7, 11) is -2.87. The van der Waals surface area contributed by atoms with Crippen LogP contribution in [0.25, 0.3) is 0 Å². The van der Waals surface area contributed by atoms with Gasteiger partial charge in [-0.2, -0.15) is 0 Å². The molecular formula is C31H37Cl2N3O4S. The summed E-state index contributed by atoms with van der Waals surface area (Å²) in [5.41, 5.74) is 1.76. The topological polar surface area (TPSA) is 97.1 Å². The van der Waals surface area contributed by atoms with Crippen LogP contribution < -0.4 is 0 Å². The molecule has 0 bridgehead atoms. The summed E-state index contributed by atoms with van der Waals surface area (Å²) < 4.78 is 23.3. The van der Waals surface area contributed by atoms with Gasteiger partial charge >= 0.3 is 0 Å². The van der Waals surface area contributed by atoms with Gasteiger partial charge in [0.2, 0.25) is 11.8 Å². The van der Waals surface area contributed by atoms with Gasteiger partial charge in [0.25, 0.3) is 0 Å². The van der Waals surface area contributed by atoms with Crippen molar-refractivity contribution in [2.75, 3.05) is 18.8 Å². The average molecular weight is 619 g/mol. The van der Waals surface area contributed by atoms with Crippen molar-refractivity contribution in [1.29, 1.82) is 0 Å². The van der Waals surface area contributed by atoms with Crippen molar-refractivity contribution in [2.24, 2.45) is 5.41 Å². The summed E-state index contributed by atoms with van der Waals surface area (Å²) in [5, 5.41) is 11.3. The molecule has 220 valence electrons. The molecule has 7 nitrogen and oxygen atoms in total. The third-order valence-corrected chi connectivity index (χ3v) is 11.0. The number of carbonyl (C=O) groups is 1. The first-order valence-electron chi connectivity index (χ1n) is 14.0. The fraction of sp³-hybridized carbons (Fsp3) is 0.419. The number of nitrogens with zero attached hydrogens (tertiary/aromatic N) is 3. The maximum Gasteiger partial charge on any atom is 0.229 e. The fourth-order valence-electron chi connectivity index (χ4n) is 6.48. The Hall–Kier alpha value is -2.33. The number of hydrogen-bond donors (Lipinski definition) is 3. The zero-order valence-electron chi connectivity index (χ0n) is 23.3. The van der Waals surface area contributed by atoms with Crippen molar-refractivity contribution in [3.05, 3.63) is 93.6 Å². The van der Waals surface area contributed by atoms with E-state index in [4.69, 9.17) is 23.2 Å². The Balaban J connectivity index is 1.65. The lowest BCUT2D eigenvalue weighted by Gasteiger charge is -2.53. The molecule has 3 aromatic rings. The second kappa shape index (κ2) is 12.1. The summed E-state index contributed by atoms with van der Waals surface area (Å²) in [6.45, 7) is 4.95. The van der Waals surface area contributed by atoms with Crippen LogP contribution in [0.4, 0.5) is 0 Å². The highest BCUT2D eigenvalue weighted by Gasteiger charge is 2.52. The predicted molar refractivity (Wildman–Crippen MR) is 166 cm³/mol. The van der Waals surface area contributed by atoms with Gasteiger partial charge in [0, 0.05) is 53.3 Å². The van der Waals surface area contributed by atoms with Crippen LogP contribution in [0.3, 0.4) is 0 Å². The average Bonchev–Trinajstić information content (AvgIpc) is 3.26. The number of hydrogen-bond acceptors (Lipinski definition) is 6. The van der Waals surface area contributed by atoms with Crippen LogP contribution in [0.2, 0.25) is 10.0 Å². The van der Waals surface area contributed by atoms with E-state index >= 15 is 0 Å². The molecule has 41 heavy (non-hydrogen) atoms. The minimum atomic E-state index is -2.87. The quantitative estimate of drug-likeness (QED) is 0.241. The molecule has 0 saturated carbocycles. The highest BCUT2D eigenvalue weighted by Crippen LogP contribution is 2.53. The number of benzene rings is 2. The molecule has 1 aromatic heterocycles. The molecule has 1 amide bonds. The van der Waals surface area contributed by atoms with Crippen molar-refractivity contribution < 1.29 is 19.0 Å². The lowest BCUT2D eigenvalue weighted by molar-refractivity contribution is -0.155. The van der Waals surface area contributed by atoms with Gasteiger partial charge in [-0.25, -0.2) is 9.29 Å². The Morgan fingerprint density at radius 1 is 1.05 bits per heavy atom. The summed E-state index contributed by atoms with van der Waals surface area (Å²) in [6.07, 6.45) is 2.21. The number of pyridine rings is 1. The standard InChI is InChI=1S/C31H37Cl2N3O4S/c1-3-26(20-35-15-6-16-41(35,39)40)36-29(21-11-13-23(32)14-12-21)27(22-7-4-8-24(33)17-22)19-31(2,30(36)38)18-25-9-5-10-28(37)34-25/h4-5,7-14,17,26-27,29,39-40H,3,6,15-16,18-20H2,1-2H3,(H,34,37)/t26-,27-,29+,31-/m0/s1. The van der Waals surface area contributed by atoms with E-state index in [1.807, 2.05) is 67.3 Å². The second-order valence-electron chi connectivity index (χ2n) is 11.4. The Bertz CT molecular complexity index is 1390. The zero-order chi connectivity index (χ0) is 29.4. The molecule has 0 spiro atoms. The molecule has 0 unspecified atom stereocenters. The highest BCUT2D eigenvalue weighted by molar-refractivity contribution is 8.22. The highest BCUT2D eigenvalue weighted by atomic mass is 35.5. The van der Waals surface area contributed by atoms with Crippen LogP contribution in [0.1, 0.15) is 61.9 Å². The first-order chi connectivity index (χ1) is 19.5. The van der Waals surface area contributed by atoms with E-state index in [0.717, 1.165) is 11.1 Å². The Kier molecular flexibility index (Phi) is 8.90. The minimum absolute atomic E-state index is 0.0246. The predicted octanol–water partition coefficient (Wildman–Crippen LogP) is 7.55. The van der Waals surface area contributed by atoms with E-state index in [1.54, 1.807) is 10.4 Å². The number of piperidine rings is 1. The number of halogens is 2. The molecule has 0 aliphatic carbocycles. The minimum Gasteiger partial charge on any atom is -0.493 e. The van der Waals surface area contributed by atoms with Crippen LogP contribution in [0, 0.1) is 5.41 Å². The van der Waals surface area contributed by atoms with Gasteiger partial charge in [-0.1, -0.05) is 67.4 Å². The molecule has 3 heterocycles. The molecule has 2 aliphatic rings. The number of carbonyl (C=O) groups excluding carboxylic acids is 1. The van der Waals surface area contributed by atoms with Gasteiger partial charge < -0.3 is 10.0 Å². The van der Waals surface area contributed by atoms with E-state index in [2.05, 4.69) is 11.1 Å². The van der Waals surface area contributed by atoms with Gasteiger partial charge in [-0.15, -0.1) is 10.8 Å². The van der Waals surface area contributed by atoms with Crippen LogP contribution in [0.15, 0.2) is 66.7 Å². The first-order valence-corrected chi connectivity index (χ1v) is 16.4. The van der Waals surface area contributed by atoms with E-state index in [-0.39, 0.29) is 29.8 Å². The van der Waals surface area contributed by atoms with Crippen LogP contribution in [-0.2, 0) is 11.2 Å². The number of rotatable bonds is 8. The van der Waals surface area contributed by atoms with Crippen molar-refractivity contribution in [3.8, 4) is 5.88 Å². The largest absolute Gasteiger partial charge is 0.493 e. The lowest BCUT2D eigenvalue weighted by Crippen LogP contribution is -2.58. The number of likely N-dealkylation sites (tertiary alicyclic amines) is 1. The Labute approximate surface area is 253 Å². The summed E-state index contributed by atoms with van der Waals surface area (Å²) >= 11 is 12.8. The summed E-state index contributed by atoms with van der Waals surface area (Å²) in [4.78, 5) is 21.1. The molecule has 2 aliphatic heterocycles. The van der Waals surface area contributed by atoms with Crippen molar-refractivity contribution >= 4 is 39.9 Å². The lowest BCUT2D eigenvalue weighted by atomic mass is 9.66. The monoisotopic (exact) mass is 617 g/mol. The molecular weight excluding hydrogens is 581 g/mol. The van der Waals surface area contributed by atoms with E-state index < -0.39 is 16.2 Å². The Morgan fingerprint density at radius 3 is 2.41 bits per heavy atom. The number of aromatic hydroxyl groups is 1. The fourth-order valence-corrected chi connectivity index (χ4v) is 8.41. The molecule has 2 saturated heterocycles. The smallest absolute Gasteiger partial charge is 0.229 e.